The Kier molecular flexibility index (Phi) is 3.77. The van der Waals surface area contributed by atoms with Crippen LogP contribution in [0.15, 0.2) is 18.2 Å². The first-order chi connectivity index (χ1) is 7.60. The molecular formula is C11H9FO4. The highest BCUT2D eigenvalue weighted by molar-refractivity contribution is 5.90. The van der Waals surface area contributed by atoms with Crippen molar-refractivity contribution in [2.75, 3.05) is 7.11 Å². The quantitative estimate of drug-likeness (QED) is 0.625. The molecule has 0 aliphatic heterocycles. The maximum Gasteiger partial charge on any atom is 0.328 e. The van der Waals surface area contributed by atoms with Crippen LogP contribution in [0.2, 0.25) is 0 Å². The number of halogens is 1. The Morgan fingerprint density at radius 1 is 1.44 bits per heavy atom. The summed E-state index contributed by atoms with van der Waals surface area (Å²) < 4.78 is 18.1. The standard InChI is InChI=1S/C11H9FO4/c1-16-10-4-3-9(12)8(6-13)7(10)2-5-11(14)15/h2-6H,1H3,(H,14,15)/b5-2+. The van der Waals surface area contributed by atoms with Gasteiger partial charge in [0.25, 0.3) is 0 Å². The zero-order chi connectivity index (χ0) is 12.1. The van der Waals surface area contributed by atoms with Crippen LogP contribution in [0.25, 0.3) is 6.08 Å². The van der Waals surface area contributed by atoms with Crippen LogP contribution in [0.5, 0.6) is 5.75 Å². The molecule has 0 aliphatic rings. The highest BCUT2D eigenvalue weighted by Gasteiger charge is 2.11. The Hall–Kier alpha value is -2.17. The van der Waals surface area contributed by atoms with E-state index in [2.05, 4.69) is 0 Å². The third-order valence-electron chi connectivity index (χ3n) is 1.92. The minimum atomic E-state index is -1.19. The van der Waals surface area contributed by atoms with Gasteiger partial charge in [0.1, 0.15) is 11.6 Å². The topological polar surface area (TPSA) is 63.6 Å². The number of methoxy groups -OCH3 is 1. The number of carboxylic acid groups (broad SMARTS) is 1. The van der Waals surface area contributed by atoms with Crippen molar-refractivity contribution < 1.29 is 23.8 Å². The van der Waals surface area contributed by atoms with Crippen LogP contribution >= 0.6 is 0 Å². The molecule has 4 nitrogen and oxygen atoms in total. The van der Waals surface area contributed by atoms with Crippen molar-refractivity contribution in [1.29, 1.82) is 0 Å². The van der Waals surface area contributed by atoms with E-state index in [-0.39, 0.29) is 16.9 Å². The van der Waals surface area contributed by atoms with E-state index < -0.39 is 11.8 Å². The van der Waals surface area contributed by atoms with Gasteiger partial charge in [-0.15, -0.1) is 0 Å². The summed E-state index contributed by atoms with van der Waals surface area (Å²) in [6.07, 6.45) is 2.25. The first-order valence-electron chi connectivity index (χ1n) is 4.32. The van der Waals surface area contributed by atoms with Gasteiger partial charge in [-0.1, -0.05) is 0 Å². The van der Waals surface area contributed by atoms with Gasteiger partial charge in [-0.05, 0) is 18.2 Å². The van der Waals surface area contributed by atoms with Crippen molar-refractivity contribution >= 4 is 18.3 Å². The van der Waals surface area contributed by atoms with E-state index in [9.17, 15) is 14.0 Å². The van der Waals surface area contributed by atoms with E-state index >= 15 is 0 Å². The van der Waals surface area contributed by atoms with E-state index in [1.165, 1.54) is 13.2 Å². The molecule has 0 amide bonds. The predicted octanol–water partition coefficient (Wildman–Crippen LogP) is 1.74. The van der Waals surface area contributed by atoms with Crippen molar-refractivity contribution in [3.8, 4) is 5.75 Å². The summed E-state index contributed by atoms with van der Waals surface area (Å²) in [5, 5.41) is 8.46. The lowest BCUT2D eigenvalue weighted by molar-refractivity contribution is -0.131. The number of carboxylic acids is 1. The Morgan fingerprint density at radius 2 is 2.12 bits per heavy atom. The first-order valence-corrected chi connectivity index (χ1v) is 4.32. The van der Waals surface area contributed by atoms with Crippen LogP contribution in [0, 0.1) is 5.82 Å². The number of aldehydes is 1. The summed E-state index contributed by atoms with van der Waals surface area (Å²) in [7, 11) is 1.35. The molecule has 0 spiro atoms. The van der Waals surface area contributed by atoms with Crippen molar-refractivity contribution in [1.82, 2.24) is 0 Å². The number of carbonyl (C=O) groups is 2. The zero-order valence-electron chi connectivity index (χ0n) is 8.44. The molecule has 0 bridgehead atoms. The number of hydrogen-bond acceptors (Lipinski definition) is 3. The second-order valence-electron chi connectivity index (χ2n) is 2.87. The molecule has 0 aliphatic carbocycles. The van der Waals surface area contributed by atoms with E-state index in [0.29, 0.717) is 6.29 Å². The van der Waals surface area contributed by atoms with E-state index in [0.717, 1.165) is 18.2 Å². The van der Waals surface area contributed by atoms with Crippen molar-refractivity contribution in [3.63, 3.8) is 0 Å². The number of benzene rings is 1. The molecule has 1 aromatic carbocycles. The lowest BCUT2D eigenvalue weighted by Crippen LogP contribution is -1.97. The monoisotopic (exact) mass is 224 g/mol. The Bertz CT molecular complexity index is 452. The molecule has 5 heteroatoms. The first kappa shape index (κ1) is 11.9. The molecule has 0 heterocycles. The van der Waals surface area contributed by atoms with E-state index in [1.807, 2.05) is 0 Å². The minimum absolute atomic E-state index is 0.111. The molecule has 0 fully saturated rings. The summed E-state index contributed by atoms with van der Waals surface area (Å²) in [5.74, 6) is -1.68. The molecule has 0 radical (unpaired) electrons. The lowest BCUT2D eigenvalue weighted by Gasteiger charge is -2.07. The zero-order valence-corrected chi connectivity index (χ0v) is 8.44. The molecule has 16 heavy (non-hydrogen) atoms. The maximum absolute atomic E-state index is 13.2. The van der Waals surface area contributed by atoms with Crippen molar-refractivity contribution in [2.45, 2.75) is 0 Å². The summed E-state index contributed by atoms with van der Waals surface area (Å²) >= 11 is 0. The minimum Gasteiger partial charge on any atom is -0.496 e. The Morgan fingerprint density at radius 3 is 2.62 bits per heavy atom. The Labute approximate surface area is 91.0 Å². The van der Waals surface area contributed by atoms with Crippen LogP contribution in [0.4, 0.5) is 4.39 Å². The highest BCUT2D eigenvalue weighted by Crippen LogP contribution is 2.25. The van der Waals surface area contributed by atoms with Gasteiger partial charge in [0.05, 0.1) is 12.7 Å². The number of hydrogen-bond donors (Lipinski definition) is 1. The van der Waals surface area contributed by atoms with Crippen LogP contribution in [-0.4, -0.2) is 24.5 Å². The lowest BCUT2D eigenvalue weighted by atomic mass is 10.1. The third-order valence-corrected chi connectivity index (χ3v) is 1.92. The van der Waals surface area contributed by atoms with Crippen LogP contribution in [0.1, 0.15) is 15.9 Å². The summed E-state index contributed by atoms with van der Waals surface area (Å²) in [5.41, 5.74) is -0.114. The molecule has 1 N–H and O–H groups in total. The van der Waals surface area contributed by atoms with Gasteiger partial charge in [0, 0.05) is 11.6 Å². The van der Waals surface area contributed by atoms with Crippen LogP contribution in [-0.2, 0) is 4.79 Å². The second kappa shape index (κ2) is 5.06. The summed E-state index contributed by atoms with van der Waals surface area (Å²) in [6.45, 7) is 0. The van der Waals surface area contributed by atoms with E-state index in [1.54, 1.807) is 0 Å². The molecule has 1 rings (SSSR count). The third kappa shape index (κ3) is 2.44. The van der Waals surface area contributed by atoms with Gasteiger partial charge < -0.3 is 9.84 Å². The normalized spacial score (nSPS) is 10.4. The largest absolute Gasteiger partial charge is 0.496 e. The highest BCUT2D eigenvalue weighted by atomic mass is 19.1. The predicted molar refractivity (Wildman–Crippen MR) is 55.0 cm³/mol. The number of aliphatic carboxylic acids is 1. The van der Waals surface area contributed by atoms with Gasteiger partial charge in [0.15, 0.2) is 6.29 Å². The molecule has 1 aromatic rings. The molecule has 0 atom stereocenters. The average molecular weight is 224 g/mol. The van der Waals surface area contributed by atoms with Gasteiger partial charge in [0.2, 0.25) is 0 Å². The summed E-state index contributed by atoms with van der Waals surface area (Å²) in [4.78, 5) is 21.0. The molecule has 0 unspecified atom stereocenters. The fourth-order valence-electron chi connectivity index (χ4n) is 1.21. The van der Waals surface area contributed by atoms with Crippen LogP contribution in [0.3, 0.4) is 0 Å². The molecule has 0 aromatic heterocycles. The molecular weight excluding hydrogens is 215 g/mol. The molecule has 0 saturated heterocycles. The molecule has 0 saturated carbocycles. The summed E-state index contributed by atoms with van der Waals surface area (Å²) in [6, 6.07) is 2.41. The average Bonchev–Trinajstić information content (AvgIpc) is 2.26. The number of rotatable bonds is 4. The Balaban J connectivity index is 3.36. The number of carbonyl (C=O) groups excluding carboxylic acids is 1. The smallest absolute Gasteiger partial charge is 0.328 e. The SMILES string of the molecule is COc1ccc(F)c(C=O)c1/C=C/C(=O)O. The van der Waals surface area contributed by atoms with Crippen molar-refractivity contribution in [3.05, 3.63) is 35.2 Å². The number of ether oxygens (including phenoxy) is 1. The fourth-order valence-corrected chi connectivity index (χ4v) is 1.21. The van der Waals surface area contributed by atoms with Gasteiger partial charge >= 0.3 is 5.97 Å². The fraction of sp³-hybridized carbons (Fsp3) is 0.0909. The van der Waals surface area contributed by atoms with Gasteiger partial charge in [-0.25, -0.2) is 9.18 Å². The van der Waals surface area contributed by atoms with Gasteiger partial charge in [-0.2, -0.15) is 0 Å². The second-order valence-corrected chi connectivity index (χ2v) is 2.87. The van der Waals surface area contributed by atoms with Gasteiger partial charge in [-0.3, -0.25) is 4.79 Å². The maximum atomic E-state index is 13.2. The van der Waals surface area contributed by atoms with Crippen molar-refractivity contribution in [2.24, 2.45) is 0 Å². The van der Waals surface area contributed by atoms with Crippen LogP contribution < -0.4 is 4.74 Å². The molecule has 84 valence electrons. The van der Waals surface area contributed by atoms with E-state index in [4.69, 9.17) is 9.84 Å².